The predicted molar refractivity (Wildman–Crippen MR) is 83.0 cm³/mol. The second-order valence-electron chi connectivity index (χ2n) is 7.68. The van der Waals surface area contributed by atoms with Crippen LogP contribution in [0, 0.1) is 28.6 Å². The Morgan fingerprint density at radius 3 is 2.50 bits per heavy atom. The highest BCUT2D eigenvalue weighted by molar-refractivity contribution is 5.69. The van der Waals surface area contributed by atoms with Gasteiger partial charge in [0, 0.05) is 25.0 Å². The summed E-state index contributed by atoms with van der Waals surface area (Å²) in [7, 11) is 1.46. The zero-order valence-corrected chi connectivity index (χ0v) is 13.7. The third-order valence-corrected chi connectivity index (χ3v) is 7.25. The molecule has 0 aliphatic heterocycles. The van der Waals surface area contributed by atoms with Crippen molar-refractivity contribution in [2.24, 2.45) is 28.6 Å². The van der Waals surface area contributed by atoms with E-state index < -0.39 is 16.6 Å². The molecule has 4 heteroatoms. The molecule has 2 bridgehead atoms. The van der Waals surface area contributed by atoms with Crippen LogP contribution >= 0.6 is 0 Å². The SMILES string of the molecule is C=C1[C@H]2[C@H](CO)C[C@@](C=O)([C@]1(C)C1CCCCC1)[C@@]2(O)OC. The molecular formula is C18H28O4. The van der Waals surface area contributed by atoms with Crippen LogP contribution in [-0.2, 0) is 9.53 Å². The molecule has 3 fully saturated rings. The molecule has 124 valence electrons. The zero-order chi connectivity index (χ0) is 16.2. The third kappa shape index (κ3) is 1.56. The molecular weight excluding hydrogens is 280 g/mol. The topological polar surface area (TPSA) is 66.8 Å². The summed E-state index contributed by atoms with van der Waals surface area (Å²) in [5.41, 5.74) is -0.538. The zero-order valence-electron chi connectivity index (χ0n) is 13.7. The summed E-state index contributed by atoms with van der Waals surface area (Å²) in [6.07, 6.45) is 7.11. The van der Waals surface area contributed by atoms with Crippen molar-refractivity contribution in [1.82, 2.24) is 0 Å². The maximum absolute atomic E-state index is 12.3. The standard InChI is InChI=1S/C18H28O4/c1-12-15-13(10-19)9-17(11-20,18(15,21)22-3)16(12,2)14-7-5-4-6-8-14/h11,13-15,19,21H,1,4-10H2,2-3H3/t13-,15-,16-,17+,18-/m0/s1. The minimum Gasteiger partial charge on any atom is -0.396 e. The summed E-state index contributed by atoms with van der Waals surface area (Å²) in [5, 5.41) is 21.0. The molecule has 5 atom stereocenters. The predicted octanol–water partition coefficient (Wildman–Crippen LogP) is 2.29. The van der Waals surface area contributed by atoms with Crippen LogP contribution < -0.4 is 0 Å². The molecule has 22 heavy (non-hydrogen) atoms. The first kappa shape index (κ1) is 16.2. The van der Waals surface area contributed by atoms with E-state index in [-0.39, 0.29) is 18.4 Å². The molecule has 0 unspecified atom stereocenters. The van der Waals surface area contributed by atoms with E-state index in [0.717, 1.165) is 24.7 Å². The van der Waals surface area contributed by atoms with Gasteiger partial charge in [0.25, 0.3) is 0 Å². The van der Waals surface area contributed by atoms with Crippen LogP contribution in [0.1, 0.15) is 45.4 Å². The summed E-state index contributed by atoms with van der Waals surface area (Å²) in [6.45, 7) is 6.33. The van der Waals surface area contributed by atoms with Gasteiger partial charge in [-0.15, -0.1) is 0 Å². The van der Waals surface area contributed by atoms with Crippen LogP contribution in [-0.4, -0.2) is 36.0 Å². The van der Waals surface area contributed by atoms with Gasteiger partial charge in [-0.2, -0.15) is 0 Å². The Morgan fingerprint density at radius 1 is 1.36 bits per heavy atom. The van der Waals surface area contributed by atoms with Crippen molar-refractivity contribution in [2.45, 2.75) is 51.2 Å². The number of aldehydes is 1. The number of methoxy groups -OCH3 is 1. The van der Waals surface area contributed by atoms with Crippen LogP contribution in [0.15, 0.2) is 12.2 Å². The Kier molecular flexibility index (Phi) is 3.78. The van der Waals surface area contributed by atoms with Crippen LogP contribution in [0.4, 0.5) is 0 Å². The van der Waals surface area contributed by atoms with Gasteiger partial charge in [-0.05, 0) is 31.1 Å². The first-order valence-corrected chi connectivity index (χ1v) is 8.47. The van der Waals surface area contributed by atoms with Gasteiger partial charge in [0.05, 0.1) is 5.41 Å². The minimum absolute atomic E-state index is 0.0499. The Morgan fingerprint density at radius 2 is 2.00 bits per heavy atom. The highest BCUT2D eigenvalue weighted by atomic mass is 16.6. The van der Waals surface area contributed by atoms with Crippen molar-refractivity contribution in [1.29, 1.82) is 0 Å². The van der Waals surface area contributed by atoms with Crippen molar-refractivity contribution < 1.29 is 19.7 Å². The summed E-state index contributed by atoms with van der Waals surface area (Å²) < 4.78 is 5.52. The van der Waals surface area contributed by atoms with Crippen LogP contribution in [0.5, 0.6) is 0 Å². The van der Waals surface area contributed by atoms with Crippen molar-refractivity contribution >= 4 is 6.29 Å². The van der Waals surface area contributed by atoms with Crippen LogP contribution in [0.25, 0.3) is 0 Å². The molecule has 0 aromatic heterocycles. The van der Waals surface area contributed by atoms with Gasteiger partial charge < -0.3 is 19.7 Å². The van der Waals surface area contributed by atoms with Crippen molar-refractivity contribution in [3.63, 3.8) is 0 Å². The molecule has 3 saturated carbocycles. The minimum atomic E-state index is -1.54. The average molecular weight is 308 g/mol. The average Bonchev–Trinajstić information content (AvgIpc) is 2.90. The largest absolute Gasteiger partial charge is 0.396 e. The lowest BCUT2D eigenvalue weighted by Crippen LogP contribution is -2.54. The molecule has 0 spiro atoms. The van der Waals surface area contributed by atoms with Gasteiger partial charge in [0.1, 0.15) is 6.29 Å². The number of ether oxygens (including phenoxy) is 1. The molecule has 0 saturated heterocycles. The molecule has 0 aromatic carbocycles. The van der Waals surface area contributed by atoms with Gasteiger partial charge in [-0.25, -0.2) is 0 Å². The van der Waals surface area contributed by atoms with Crippen molar-refractivity contribution in [2.75, 3.05) is 13.7 Å². The van der Waals surface area contributed by atoms with E-state index in [9.17, 15) is 15.0 Å². The van der Waals surface area contributed by atoms with E-state index in [1.165, 1.54) is 26.4 Å². The summed E-state index contributed by atoms with van der Waals surface area (Å²) in [4.78, 5) is 12.3. The fourth-order valence-electron chi connectivity index (χ4n) is 6.03. The Labute approximate surface area is 132 Å². The normalized spacial score (nSPS) is 48.8. The monoisotopic (exact) mass is 308 g/mol. The van der Waals surface area contributed by atoms with Gasteiger partial charge in [0.15, 0.2) is 5.79 Å². The molecule has 3 aliphatic rings. The molecule has 3 aliphatic carbocycles. The summed E-state index contributed by atoms with van der Waals surface area (Å²) >= 11 is 0. The molecule has 0 heterocycles. The highest BCUT2D eigenvalue weighted by Gasteiger charge is 2.79. The maximum atomic E-state index is 12.3. The molecule has 0 amide bonds. The van der Waals surface area contributed by atoms with E-state index in [1.807, 2.05) is 0 Å². The van der Waals surface area contributed by atoms with E-state index >= 15 is 0 Å². The lowest BCUT2D eigenvalue weighted by atomic mass is 9.52. The Bertz CT molecular complexity index is 483. The fourth-order valence-corrected chi connectivity index (χ4v) is 6.03. The van der Waals surface area contributed by atoms with Gasteiger partial charge in [-0.1, -0.05) is 38.3 Å². The van der Waals surface area contributed by atoms with Crippen LogP contribution in [0.3, 0.4) is 0 Å². The lowest BCUT2D eigenvalue weighted by molar-refractivity contribution is -0.254. The van der Waals surface area contributed by atoms with E-state index in [4.69, 9.17) is 4.74 Å². The van der Waals surface area contributed by atoms with Crippen molar-refractivity contribution in [3.8, 4) is 0 Å². The number of hydrogen-bond donors (Lipinski definition) is 2. The molecule has 4 nitrogen and oxygen atoms in total. The van der Waals surface area contributed by atoms with Gasteiger partial charge >= 0.3 is 0 Å². The number of aliphatic hydroxyl groups excluding tert-OH is 1. The number of carbonyl (C=O) groups excluding carboxylic acids is 1. The van der Waals surface area contributed by atoms with E-state index in [0.29, 0.717) is 12.3 Å². The third-order valence-electron chi connectivity index (χ3n) is 7.25. The summed E-state index contributed by atoms with van der Waals surface area (Å²) in [5.74, 6) is -1.70. The molecule has 0 aromatic rings. The first-order valence-electron chi connectivity index (χ1n) is 8.47. The fraction of sp³-hybridized carbons (Fsp3) is 0.833. The second-order valence-corrected chi connectivity index (χ2v) is 7.68. The van der Waals surface area contributed by atoms with Crippen molar-refractivity contribution in [3.05, 3.63) is 12.2 Å². The molecule has 2 N–H and O–H groups in total. The Balaban J connectivity index is 2.13. The Hall–Kier alpha value is -0.710. The van der Waals surface area contributed by atoms with Gasteiger partial charge in [0.2, 0.25) is 0 Å². The second kappa shape index (κ2) is 5.15. The smallest absolute Gasteiger partial charge is 0.185 e. The van der Waals surface area contributed by atoms with E-state index in [2.05, 4.69) is 13.5 Å². The molecule has 3 rings (SSSR count). The number of hydrogen-bond acceptors (Lipinski definition) is 4. The maximum Gasteiger partial charge on any atom is 0.185 e. The summed E-state index contributed by atoms with van der Waals surface area (Å²) in [6, 6.07) is 0. The number of fused-ring (bicyclic) bond motifs is 2. The number of aliphatic hydroxyl groups is 2. The highest BCUT2D eigenvalue weighted by Crippen LogP contribution is 2.75. The number of carbonyl (C=O) groups is 1. The number of rotatable bonds is 4. The van der Waals surface area contributed by atoms with Gasteiger partial charge in [-0.3, -0.25) is 0 Å². The quantitative estimate of drug-likeness (QED) is 0.475. The lowest BCUT2D eigenvalue weighted by Gasteiger charge is -2.51. The van der Waals surface area contributed by atoms with E-state index in [1.54, 1.807) is 0 Å². The first-order chi connectivity index (χ1) is 10.4. The molecule has 0 radical (unpaired) electrons. The van der Waals surface area contributed by atoms with Crippen LogP contribution in [0.2, 0.25) is 0 Å².